The SMILES string of the molecule is CCCCn1nc(Br)c2c(N)ncnc21. The Hall–Kier alpha value is -1.17. The van der Waals surface area contributed by atoms with Crippen LogP contribution >= 0.6 is 15.9 Å². The first kappa shape index (κ1) is 10.4. The molecule has 2 aromatic heterocycles. The molecule has 2 N–H and O–H groups in total. The summed E-state index contributed by atoms with van der Waals surface area (Å²) in [7, 11) is 0. The van der Waals surface area contributed by atoms with Crippen molar-refractivity contribution in [3.63, 3.8) is 0 Å². The van der Waals surface area contributed by atoms with E-state index >= 15 is 0 Å². The molecule has 0 atom stereocenters. The summed E-state index contributed by atoms with van der Waals surface area (Å²) in [6, 6.07) is 0. The molecule has 0 saturated carbocycles. The van der Waals surface area contributed by atoms with E-state index in [1.165, 1.54) is 6.33 Å². The molecular formula is C9H12BrN5. The molecule has 80 valence electrons. The maximum atomic E-state index is 5.76. The van der Waals surface area contributed by atoms with Crippen LogP contribution in [-0.2, 0) is 6.54 Å². The number of aromatic nitrogens is 4. The molecule has 0 radical (unpaired) electrons. The fourth-order valence-corrected chi connectivity index (χ4v) is 2.02. The Morgan fingerprint density at radius 1 is 1.47 bits per heavy atom. The van der Waals surface area contributed by atoms with Gasteiger partial charge in [0.2, 0.25) is 0 Å². The van der Waals surface area contributed by atoms with E-state index in [1.807, 2.05) is 4.68 Å². The molecule has 6 heteroatoms. The molecule has 2 aromatic rings. The van der Waals surface area contributed by atoms with Gasteiger partial charge in [-0.05, 0) is 22.4 Å². The number of hydrogen-bond acceptors (Lipinski definition) is 4. The lowest BCUT2D eigenvalue weighted by Gasteiger charge is -2.00. The zero-order chi connectivity index (χ0) is 10.8. The van der Waals surface area contributed by atoms with Crippen molar-refractivity contribution in [3.05, 3.63) is 10.9 Å². The van der Waals surface area contributed by atoms with Gasteiger partial charge in [0.05, 0.1) is 5.39 Å². The lowest BCUT2D eigenvalue weighted by molar-refractivity contribution is 0.581. The average molecular weight is 270 g/mol. The molecule has 0 aromatic carbocycles. The van der Waals surface area contributed by atoms with Crippen LogP contribution in [0.2, 0.25) is 0 Å². The molecule has 2 heterocycles. The smallest absolute Gasteiger partial charge is 0.164 e. The van der Waals surface area contributed by atoms with E-state index in [9.17, 15) is 0 Å². The number of halogens is 1. The average Bonchev–Trinajstić information content (AvgIpc) is 2.54. The lowest BCUT2D eigenvalue weighted by Crippen LogP contribution is -2.01. The van der Waals surface area contributed by atoms with Gasteiger partial charge >= 0.3 is 0 Å². The number of hydrogen-bond donors (Lipinski definition) is 1. The van der Waals surface area contributed by atoms with E-state index in [2.05, 4.69) is 37.9 Å². The van der Waals surface area contributed by atoms with Gasteiger partial charge in [0.25, 0.3) is 0 Å². The van der Waals surface area contributed by atoms with Crippen LogP contribution in [0, 0.1) is 0 Å². The van der Waals surface area contributed by atoms with Crippen LogP contribution in [0.1, 0.15) is 19.8 Å². The molecule has 0 saturated heterocycles. The van der Waals surface area contributed by atoms with Crippen LogP contribution in [0.4, 0.5) is 5.82 Å². The van der Waals surface area contributed by atoms with Gasteiger partial charge in [-0.1, -0.05) is 13.3 Å². The molecule has 0 aliphatic heterocycles. The van der Waals surface area contributed by atoms with Gasteiger partial charge in [0, 0.05) is 6.54 Å². The van der Waals surface area contributed by atoms with Crippen LogP contribution in [0.15, 0.2) is 10.9 Å². The molecular weight excluding hydrogens is 258 g/mol. The Morgan fingerprint density at radius 3 is 3.00 bits per heavy atom. The van der Waals surface area contributed by atoms with E-state index < -0.39 is 0 Å². The summed E-state index contributed by atoms with van der Waals surface area (Å²) >= 11 is 3.37. The number of rotatable bonds is 3. The van der Waals surface area contributed by atoms with Crippen molar-refractivity contribution in [2.75, 3.05) is 5.73 Å². The van der Waals surface area contributed by atoms with Gasteiger partial charge in [0.15, 0.2) is 5.65 Å². The van der Waals surface area contributed by atoms with Gasteiger partial charge in [-0.15, -0.1) is 0 Å². The van der Waals surface area contributed by atoms with Crippen LogP contribution < -0.4 is 5.73 Å². The molecule has 0 fully saturated rings. The highest BCUT2D eigenvalue weighted by atomic mass is 79.9. The molecule has 2 rings (SSSR count). The standard InChI is InChI=1S/C9H12BrN5/c1-2-3-4-15-9-6(7(10)14-15)8(11)12-5-13-9/h5H,2-4H2,1H3,(H2,11,12,13). The topological polar surface area (TPSA) is 69.6 Å². The largest absolute Gasteiger partial charge is 0.383 e. The maximum Gasteiger partial charge on any atom is 0.164 e. The van der Waals surface area contributed by atoms with Crippen molar-refractivity contribution < 1.29 is 0 Å². The second kappa shape index (κ2) is 4.14. The quantitative estimate of drug-likeness (QED) is 0.925. The van der Waals surface area contributed by atoms with Crippen molar-refractivity contribution in [1.29, 1.82) is 0 Å². The van der Waals surface area contributed by atoms with Gasteiger partial charge in [-0.2, -0.15) is 5.10 Å². The van der Waals surface area contributed by atoms with Crippen molar-refractivity contribution in [3.8, 4) is 0 Å². The molecule has 15 heavy (non-hydrogen) atoms. The van der Waals surface area contributed by atoms with Gasteiger partial charge in [0.1, 0.15) is 16.7 Å². The number of unbranched alkanes of at least 4 members (excludes halogenated alkanes) is 1. The number of nitrogens with two attached hydrogens (primary N) is 1. The number of aryl methyl sites for hydroxylation is 1. The zero-order valence-electron chi connectivity index (χ0n) is 8.44. The van der Waals surface area contributed by atoms with Gasteiger partial charge in [-0.25, -0.2) is 14.6 Å². The third kappa shape index (κ3) is 1.81. The molecule has 5 nitrogen and oxygen atoms in total. The zero-order valence-corrected chi connectivity index (χ0v) is 10.0. The second-order valence-corrected chi connectivity index (χ2v) is 4.08. The lowest BCUT2D eigenvalue weighted by atomic mass is 10.3. The number of fused-ring (bicyclic) bond motifs is 1. The van der Waals surface area contributed by atoms with E-state index in [0.29, 0.717) is 10.4 Å². The van der Waals surface area contributed by atoms with Crippen molar-refractivity contribution in [2.24, 2.45) is 0 Å². The summed E-state index contributed by atoms with van der Waals surface area (Å²) in [6.07, 6.45) is 3.67. The summed E-state index contributed by atoms with van der Waals surface area (Å²) in [6.45, 7) is 3.00. The predicted molar refractivity (Wildman–Crippen MR) is 62.3 cm³/mol. The molecule has 0 bridgehead atoms. The monoisotopic (exact) mass is 269 g/mol. The molecule has 0 unspecified atom stereocenters. The third-order valence-corrected chi connectivity index (χ3v) is 2.79. The third-order valence-electron chi connectivity index (χ3n) is 2.24. The molecule has 0 amide bonds. The van der Waals surface area contributed by atoms with Crippen molar-refractivity contribution in [1.82, 2.24) is 19.7 Å². The van der Waals surface area contributed by atoms with Gasteiger partial charge in [-0.3, -0.25) is 0 Å². The predicted octanol–water partition coefficient (Wildman–Crippen LogP) is 1.97. The Morgan fingerprint density at radius 2 is 2.27 bits per heavy atom. The normalized spacial score (nSPS) is 11.1. The highest BCUT2D eigenvalue weighted by Gasteiger charge is 2.12. The number of nitrogens with zero attached hydrogens (tertiary/aromatic N) is 4. The fraction of sp³-hybridized carbons (Fsp3) is 0.444. The van der Waals surface area contributed by atoms with Gasteiger partial charge < -0.3 is 5.73 Å². The fourth-order valence-electron chi connectivity index (χ4n) is 1.45. The molecule has 0 aliphatic carbocycles. The summed E-state index contributed by atoms with van der Waals surface area (Å²) in [5, 5.41) is 5.14. The Balaban J connectivity index is 2.53. The maximum absolute atomic E-state index is 5.76. The minimum absolute atomic E-state index is 0.467. The highest BCUT2D eigenvalue weighted by molar-refractivity contribution is 9.10. The second-order valence-electron chi connectivity index (χ2n) is 3.33. The van der Waals surface area contributed by atoms with Crippen LogP contribution in [-0.4, -0.2) is 19.7 Å². The van der Waals surface area contributed by atoms with E-state index in [-0.39, 0.29) is 0 Å². The van der Waals surface area contributed by atoms with Crippen molar-refractivity contribution >= 4 is 32.8 Å². The number of anilines is 1. The van der Waals surface area contributed by atoms with E-state index in [4.69, 9.17) is 5.73 Å². The first-order valence-electron chi connectivity index (χ1n) is 4.86. The van der Waals surface area contributed by atoms with Crippen LogP contribution in [0.5, 0.6) is 0 Å². The first-order chi connectivity index (χ1) is 7.24. The van der Waals surface area contributed by atoms with Crippen LogP contribution in [0.25, 0.3) is 11.0 Å². The highest BCUT2D eigenvalue weighted by Crippen LogP contribution is 2.25. The summed E-state index contributed by atoms with van der Waals surface area (Å²) < 4.78 is 2.58. The van der Waals surface area contributed by atoms with Crippen molar-refractivity contribution in [2.45, 2.75) is 26.3 Å². The Kier molecular flexibility index (Phi) is 2.86. The van der Waals surface area contributed by atoms with E-state index in [0.717, 1.165) is 30.4 Å². The Bertz CT molecular complexity index is 479. The molecule has 0 spiro atoms. The summed E-state index contributed by atoms with van der Waals surface area (Å²) in [5.41, 5.74) is 6.56. The minimum atomic E-state index is 0.467. The van der Waals surface area contributed by atoms with E-state index in [1.54, 1.807) is 0 Å². The summed E-state index contributed by atoms with van der Waals surface area (Å²) in [4.78, 5) is 8.14. The number of nitrogen functional groups attached to an aromatic ring is 1. The minimum Gasteiger partial charge on any atom is -0.383 e. The first-order valence-corrected chi connectivity index (χ1v) is 5.65. The summed E-state index contributed by atoms with van der Waals surface area (Å²) in [5.74, 6) is 0.467. The molecule has 0 aliphatic rings. The Labute approximate surface area is 95.8 Å². The van der Waals surface area contributed by atoms with Crippen LogP contribution in [0.3, 0.4) is 0 Å².